The fourth-order valence-electron chi connectivity index (χ4n) is 2.63. The van der Waals surface area contributed by atoms with Gasteiger partial charge in [0.15, 0.2) is 0 Å². The van der Waals surface area contributed by atoms with Gasteiger partial charge in [-0.2, -0.15) is 0 Å². The van der Waals surface area contributed by atoms with Gasteiger partial charge >= 0.3 is 0 Å². The smallest absolute Gasteiger partial charge is 0.0300 e. The fraction of sp³-hybridized carbons (Fsp3) is 0.667. The topological polar surface area (TPSA) is 28.2 Å². The van der Waals surface area contributed by atoms with Crippen LogP contribution < -0.4 is 5.32 Å². The van der Waals surface area contributed by atoms with Crippen LogP contribution in [0.4, 0.5) is 0 Å². The summed E-state index contributed by atoms with van der Waals surface area (Å²) >= 11 is 0. The number of nitrogens with zero attached hydrogens (tertiary/aromatic N) is 2. The second kappa shape index (κ2) is 6.86. The average Bonchev–Trinajstić information content (AvgIpc) is 2.40. The van der Waals surface area contributed by atoms with Crippen LogP contribution in [0.15, 0.2) is 18.5 Å². The Morgan fingerprint density at radius 2 is 2.17 bits per heavy atom. The van der Waals surface area contributed by atoms with Crippen LogP contribution in [-0.4, -0.2) is 35.6 Å². The molecule has 0 aliphatic carbocycles. The summed E-state index contributed by atoms with van der Waals surface area (Å²) in [6.45, 7) is 9.13. The largest absolute Gasteiger partial charge is 0.310 e. The van der Waals surface area contributed by atoms with E-state index in [0.717, 1.165) is 6.54 Å². The van der Waals surface area contributed by atoms with Crippen LogP contribution in [0.2, 0.25) is 0 Å². The molecule has 1 fully saturated rings. The lowest BCUT2D eigenvalue weighted by Gasteiger charge is -2.32. The third kappa shape index (κ3) is 3.79. The first-order valence-corrected chi connectivity index (χ1v) is 7.15. The number of likely N-dealkylation sites (tertiary alicyclic amines) is 1. The number of hydrogen-bond donors (Lipinski definition) is 1. The Hall–Kier alpha value is -0.930. The van der Waals surface area contributed by atoms with Crippen molar-refractivity contribution >= 4 is 0 Å². The van der Waals surface area contributed by atoms with Gasteiger partial charge in [0.1, 0.15) is 0 Å². The first-order valence-electron chi connectivity index (χ1n) is 7.15. The number of piperidine rings is 1. The van der Waals surface area contributed by atoms with Crippen LogP contribution in [0, 0.1) is 6.92 Å². The summed E-state index contributed by atoms with van der Waals surface area (Å²) in [5, 5.41) is 3.69. The number of aryl methyl sites for hydroxylation is 1. The summed E-state index contributed by atoms with van der Waals surface area (Å²) in [5.74, 6) is 0. The summed E-state index contributed by atoms with van der Waals surface area (Å²) in [7, 11) is 0. The molecule has 0 saturated carbocycles. The molecule has 100 valence electrons. The lowest BCUT2D eigenvalue weighted by atomic mass is 10.0. The van der Waals surface area contributed by atoms with Gasteiger partial charge in [-0.05, 0) is 63.0 Å². The van der Waals surface area contributed by atoms with Gasteiger partial charge < -0.3 is 10.2 Å². The molecule has 18 heavy (non-hydrogen) atoms. The van der Waals surface area contributed by atoms with E-state index in [1.54, 1.807) is 0 Å². The standard InChI is InChI=1S/C15H25N3/c1-3-8-18-9-5-15(6-10-18)17-12-14-4-7-16-11-13(14)2/h4,7,11,15,17H,3,5-6,8-10,12H2,1-2H3. The SMILES string of the molecule is CCCN1CCC(NCc2ccncc2C)CC1. The van der Waals surface area contributed by atoms with Crippen LogP contribution in [0.5, 0.6) is 0 Å². The first-order chi connectivity index (χ1) is 8.79. The molecule has 1 N–H and O–H groups in total. The highest BCUT2D eigenvalue weighted by Crippen LogP contribution is 2.12. The van der Waals surface area contributed by atoms with E-state index >= 15 is 0 Å². The van der Waals surface area contributed by atoms with Crippen molar-refractivity contribution in [3.63, 3.8) is 0 Å². The molecule has 0 amide bonds. The summed E-state index contributed by atoms with van der Waals surface area (Å²) in [6, 6.07) is 2.81. The van der Waals surface area contributed by atoms with E-state index < -0.39 is 0 Å². The highest BCUT2D eigenvalue weighted by atomic mass is 15.1. The van der Waals surface area contributed by atoms with Crippen LogP contribution in [0.25, 0.3) is 0 Å². The summed E-state index contributed by atoms with van der Waals surface area (Å²) in [6.07, 6.45) is 7.66. The first kappa shape index (κ1) is 13.5. The van der Waals surface area contributed by atoms with Crippen LogP contribution in [0.3, 0.4) is 0 Å². The molecular weight excluding hydrogens is 222 g/mol. The van der Waals surface area contributed by atoms with Gasteiger partial charge in [0.25, 0.3) is 0 Å². The van der Waals surface area contributed by atoms with Crippen molar-refractivity contribution in [1.82, 2.24) is 15.2 Å². The van der Waals surface area contributed by atoms with Crippen LogP contribution in [-0.2, 0) is 6.54 Å². The van der Waals surface area contributed by atoms with Gasteiger partial charge in [0.2, 0.25) is 0 Å². The molecule has 1 aromatic heterocycles. The Bertz CT molecular complexity index is 357. The van der Waals surface area contributed by atoms with Gasteiger partial charge in [0.05, 0.1) is 0 Å². The van der Waals surface area contributed by atoms with E-state index in [0.29, 0.717) is 6.04 Å². The molecule has 2 heterocycles. The van der Waals surface area contributed by atoms with Gasteiger partial charge in [-0.15, -0.1) is 0 Å². The zero-order valence-corrected chi connectivity index (χ0v) is 11.7. The van der Waals surface area contributed by atoms with Crippen molar-refractivity contribution in [3.05, 3.63) is 29.6 Å². The zero-order chi connectivity index (χ0) is 12.8. The maximum absolute atomic E-state index is 4.14. The summed E-state index contributed by atoms with van der Waals surface area (Å²) in [5.41, 5.74) is 2.66. The third-order valence-corrected chi connectivity index (χ3v) is 3.85. The molecule has 0 aromatic carbocycles. The highest BCUT2D eigenvalue weighted by Gasteiger charge is 2.17. The Labute approximate surface area is 111 Å². The number of pyridine rings is 1. The minimum absolute atomic E-state index is 0.686. The minimum Gasteiger partial charge on any atom is -0.310 e. The number of nitrogens with one attached hydrogen (secondary N) is 1. The van der Waals surface area contributed by atoms with Crippen molar-refractivity contribution in [2.24, 2.45) is 0 Å². The predicted octanol–water partition coefficient (Wildman–Crippen LogP) is 2.35. The molecule has 2 rings (SSSR count). The Balaban J connectivity index is 1.74. The number of aromatic nitrogens is 1. The van der Waals surface area contributed by atoms with Gasteiger partial charge in [-0.3, -0.25) is 4.98 Å². The minimum atomic E-state index is 0.686. The molecule has 1 aliphatic heterocycles. The number of rotatable bonds is 5. The summed E-state index contributed by atoms with van der Waals surface area (Å²) < 4.78 is 0. The van der Waals surface area contributed by atoms with Crippen LogP contribution >= 0.6 is 0 Å². The third-order valence-electron chi connectivity index (χ3n) is 3.85. The lowest BCUT2D eigenvalue weighted by Crippen LogP contribution is -2.42. The molecule has 1 aliphatic rings. The Morgan fingerprint density at radius 3 is 2.83 bits per heavy atom. The average molecular weight is 247 g/mol. The molecule has 0 spiro atoms. The Morgan fingerprint density at radius 1 is 1.39 bits per heavy atom. The van der Waals surface area contributed by atoms with Crippen molar-refractivity contribution < 1.29 is 0 Å². The van der Waals surface area contributed by atoms with Crippen molar-refractivity contribution in [2.75, 3.05) is 19.6 Å². The van der Waals surface area contributed by atoms with Crippen molar-refractivity contribution in [1.29, 1.82) is 0 Å². The second-order valence-electron chi connectivity index (χ2n) is 5.30. The zero-order valence-electron chi connectivity index (χ0n) is 11.7. The molecule has 3 nitrogen and oxygen atoms in total. The molecule has 1 aromatic rings. The number of hydrogen-bond acceptors (Lipinski definition) is 3. The second-order valence-corrected chi connectivity index (χ2v) is 5.30. The Kier molecular flexibility index (Phi) is 5.14. The predicted molar refractivity (Wildman–Crippen MR) is 75.6 cm³/mol. The lowest BCUT2D eigenvalue weighted by molar-refractivity contribution is 0.197. The summed E-state index contributed by atoms with van der Waals surface area (Å²) in [4.78, 5) is 6.71. The van der Waals surface area contributed by atoms with Gasteiger partial charge in [-0.1, -0.05) is 6.92 Å². The molecule has 1 saturated heterocycles. The van der Waals surface area contributed by atoms with E-state index in [1.807, 2.05) is 12.4 Å². The van der Waals surface area contributed by atoms with E-state index in [2.05, 4.69) is 35.1 Å². The van der Waals surface area contributed by atoms with E-state index in [9.17, 15) is 0 Å². The van der Waals surface area contributed by atoms with Crippen LogP contribution in [0.1, 0.15) is 37.3 Å². The fourth-order valence-corrected chi connectivity index (χ4v) is 2.63. The van der Waals surface area contributed by atoms with Gasteiger partial charge in [-0.25, -0.2) is 0 Å². The monoisotopic (exact) mass is 247 g/mol. The van der Waals surface area contributed by atoms with Gasteiger partial charge in [0, 0.05) is 25.0 Å². The molecule has 0 bridgehead atoms. The molecule has 0 radical (unpaired) electrons. The van der Waals surface area contributed by atoms with E-state index in [1.165, 1.54) is 50.0 Å². The molecule has 0 atom stereocenters. The van der Waals surface area contributed by atoms with Crippen molar-refractivity contribution in [3.8, 4) is 0 Å². The van der Waals surface area contributed by atoms with E-state index in [4.69, 9.17) is 0 Å². The molecular formula is C15H25N3. The molecule has 3 heteroatoms. The maximum atomic E-state index is 4.14. The molecule has 0 unspecified atom stereocenters. The maximum Gasteiger partial charge on any atom is 0.0300 e. The highest BCUT2D eigenvalue weighted by molar-refractivity contribution is 5.21. The quantitative estimate of drug-likeness (QED) is 0.865. The van der Waals surface area contributed by atoms with E-state index in [-0.39, 0.29) is 0 Å². The van der Waals surface area contributed by atoms with Crippen molar-refractivity contribution in [2.45, 2.75) is 45.7 Å². The normalized spacial score (nSPS) is 18.1.